The molecule has 0 aliphatic carbocycles. The van der Waals surface area contributed by atoms with Gasteiger partial charge in [-0.3, -0.25) is 0 Å². The number of thiazole rings is 1. The van der Waals surface area contributed by atoms with E-state index in [2.05, 4.69) is 15.7 Å². The first kappa shape index (κ1) is 13.7. The van der Waals surface area contributed by atoms with Crippen molar-refractivity contribution < 1.29 is 0 Å². The molecule has 11 heavy (non-hydrogen) atoms. The molecule has 1 rings (SSSR count). The number of hydrogen-bond acceptors (Lipinski definition) is 3. The van der Waals surface area contributed by atoms with Crippen LogP contribution in [0.4, 0.5) is 0 Å². The van der Waals surface area contributed by atoms with Crippen LogP contribution in [0.15, 0.2) is 5.38 Å². The molecule has 2 nitrogen and oxygen atoms in total. The summed E-state index contributed by atoms with van der Waals surface area (Å²) in [5.41, 5.74) is 1.12. The predicted octanol–water partition coefficient (Wildman–Crippen LogP) is 2.01. The maximum atomic E-state index is 4.26. The smallest absolute Gasteiger partial charge is 0.107 e. The van der Waals surface area contributed by atoms with Crippen LogP contribution >= 0.6 is 36.2 Å². The first-order chi connectivity index (χ1) is 4.33. The fourth-order valence-electron chi connectivity index (χ4n) is 0.635. The van der Waals surface area contributed by atoms with Crippen LogP contribution in [0, 0.1) is 6.92 Å². The van der Waals surface area contributed by atoms with Crippen molar-refractivity contribution in [3.05, 3.63) is 16.1 Å². The lowest BCUT2D eigenvalue weighted by Gasteiger charge is -1.88. The standard InChI is InChI=1S/C6H10N2S.2ClH/c1-5-4-9-6(8-5)3-7-2;;/h4,7H,3H2,1-2H3;2*1H. The van der Waals surface area contributed by atoms with E-state index in [9.17, 15) is 0 Å². The Bertz CT molecular complexity index is 190. The molecule has 1 heterocycles. The van der Waals surface area contributed by atoms with E-state index in [4.69, 9.17) is 0 Å². The van der Waals surface area contributed by atoms with Gasteiger partial charge in [-0.25, -0.2) is 4.98 Å². The fraction of sp³-hybridized carbons (Fsp3) is 0.500. The molecule has 0 radical (unpaired) electrons. The van der Waals surface area contributed by atoms with Crippen molar-refractivity contribution in [1.82, 2.24) is 10.3 Å². The highest BCUT2D eigenvalue weighted by atomic mass is 35.5. The third-order valence-electron chi connectivity index (χ3n) is 0.995. The summed E-state index contributed by atoms with van der Waals surface area (Å²) >= 11 is 1.70. The van der Waals surface area contributed by atoms with E-state index < -0.39 is 0 Å². The Morgan fingerprint density at radius 2 is 2.18 bits per heavy atom. The topological polar surface area (TPSA) is 24.9 Å². The molecule has 0 spiro atoms. The molecule has 0 amide bonds. The lowest BCUT2D eigenvalue weighted by molar-refractivity contribution is 0.807. The molecule has 0 saturated carbocycles. The number of hydrogen-bond donors (Lipinski definition) is 1. The van der Waals surface area contributed by atoms with Crippen LogP contribution in [0.3, 0.4) is 0 Å². The molecular formula is C6H12Cl2N2S. The van der Waals surface area contributed by atoms with Gasteiger partial charge in [0.15, 0.2) is 0 Å². The summed E-state index contributed by atoms with van der Waals surface area (Å²) in [4.78, 5) is 4.26. The van der Waals surface area contributed by atoms with Gasteiger partial charge in [0.05, 0.1) is 0 Å². The van der Waals surface area contributed by atoms with Crippen LogP contribution in [0.2, 0.25) is 0 Å². The van der Waals surface area contributed by atoms with E-state index in [1.54, 1.807) is 11.3 Å². The molecule has 0 fully saturated rings. The highest BCUT2D eigenvalue weighted by molar-refractivity contribution is 7.09. The highest BCUT2D eigenvalue weighted by Crippen LogP contribution is 2.06. The van der Waals surface area contributed by atoms with Gasteiger partial charge in [-0.1, -0.05) is 0 Å². The van der Waals surface area contributed by atoms with Gasteiger partial charge in [0.25, 0.3) is 0 Å². The maximum absolute atomic E-state index is 4.26. The van der Waals surface area contributed by atoms with Gasteiger partial charge in [0.2, 0.25) is 0 Å². The average molecular weight is 215 g/mol. The SMILES string of the molecule is CNCc1nc(C)cs1.Cl.Cl. The van der Waals surface area contributed by atoms with Crippen molar-refractivity contribution in [3.63, 3.8) is 0 Å². The minimum atomic E-state index is 0. The molecule has 0 aliphatic heterocycles. The molecule has 66 valence electrons. The zero-order valence-electron chi connectivity index (χ0n) is 6.46. The Morgan fingerprint density at radius 3 is 2.55 bits per heavy atom. The van der Waals surface area contributed by atoms with Crippen molar-refractivity contribution in [1.29, 1.82) is 0 Å². The summed E-state index contributed by atoms with van der Waals surface area (Å²) in [6.07, 6.45) is 0. The minimum Gasteiger partial charge on any atom is -0.314 e. The van der Waals surface area contributed by atoms with Crippen LogP contribution in [0.25, 0.3) is 0 Å². The first-order valence-corrected chi connectivity index (χ1v) is 3.76. The highest BCUT2D eigenvalue weighted by Gasteiger charge is 1.93. The lowest BCUT2D eigenvalue weighted by Crippen LogP contribution is -2.04. The Morgan fingerprint density at radius 1 is 1.55 bits per heavy atom. The fourth-order valence-corrected chi connectivity index (χ4v) is 1.42. The van der Waals surface area contributed by atoms with Crippen molar-refractivity contribution >= 4 is 36.2 Å². The quantitative estimate of drug-likeness (QED) is 0.816. The summed E-state index contributed by atoms with van der Waals surface area (Å²) in [6, 6.07) is 0. The number of nitrogens with zero attached hydrogens (tertiary/aromatic N) is 1. The van der Waals surface area contributed by atoms with E-state index in [1.807, 2.05) is 14.0 Å². The second-order valence-electron chi connectivity index (χ2n) is 1.91. The molecule has 1 aromatic rings. The first-order valence-electron chi connectivity index (χ1n) is 2.88. The lowest BCUT2D eigenvalue weighted by atomic mass is 10.6. The van der Waals surface area contributed by atoms with Crippen LogP contribution in [0.1, 0.15) is 10.7 Å². The molecule has 1 N–H and O–H groups in total. The van der Waals surface area contributed by atoms with Crippen LogP contribution in [-0.4, -0.2) is 12.0 Å². The molecule has 1 aromatic heterocycles. The summed E-state index contributed by atoms with van der Waals surface area (Å²) < 4.78 is 0. The Kier molecular flexibility index (Phi) is 8.56. The average Bonchev–Trinajstić information content (AvgIpc) is 2.17. The molecule has 0 unspecified atom stereocenters. The number of rotatable bonds is 2. The summed E-state index contributed by atoms with van der Waals surface area (Å²) in [6.45, 7) is 2.90. The van der Waals surface area contributed by atoms with E-state index in [0.717, 1.165) is 17.2 Å². The molecule has 0 bridgehead atoms. The predicted molar refractivity (Wildman–Crippen MR) is 54.1 cm³/mol. The third kappa shape index (κ3) is 4.58. The number of aromatic nitrogens is 1. The van der Waals surface area contributed by atoms with E-state index in [0.29, 0.717) is 0 Å². The van der Waals surface area contributed by atoms with Gasteiger partial charge in [-0.2, -0.15) is 0 Å². The van der Waals surface area contributed by atoms with Gasteiger partial charge < -0.3 is 5.32 Å². The van der Waals surface area contributed by atoms with E-state index in [1.165, 1.54) is 0 Å². The van der Waals surface area contributed by atoms with Crippen molar-refractivity contribution in [2.75, 3.05) is 7.05 Å². The largest absolute Gasteiger partial charge is 0.314 e. The molecule has 5 heteroatoms. The Balaban J connectivity index is 0. The van der Waals surface area contributed by atoms with Gasteiger partial charge in [-0.15, -0.1) is 36.2 Å². The molecular weight excluding hydrogens is 203 g/mol. The second kappa shape index (κ2) is 6.85. The summed E-state index contributed by atoms with van der Waals surface area (Å²) in [5, 5.41) is 6.27. The van der Waals surface area contributed by atoms with Gasteiger partial charge >= 0.3 is 0 Å². The monoisotopic (exact) mass is 214 g/mol. The van der Waals surface area contributed by atoms with E-state index >= 15 is 0 Å². The van der Waals surface area contributed by atoms with Crippen LogP contribution in [0.5, 0.6) is 0 Å². The molecule has 0 saturated heterocycles. The zero-order valence-corrected chi connectivity index (χ0v) is 8.91. The Hall–Kier alpha value is 0.170. The van der Waals surface area contributed by atoms with E-state index in [-0.39, 0.29) is 24.8 Å². The van der Waals surface area contributed by atoms with Crippen LogP contribution < -0.4 is 5.32 Å². The van der Waals surface area contributed by atoms with Crippen molar-refractivity contribution in [2.24, 2.45) is 0 Å². The third-order valence-corrected chi connectivity index (χ3v) is 1.96. The number of nitrogens with one attached hydrogen (secondary N) is 1. The number of aryl methyl sites for hydroxylation is 1. The second-order valence-corrected chi connectivity index (χ2v) is 2.86. The minimum absolute atomic E-state index is 0. The normalized spacial score (nSPS) is 8.18. The maximum Gasteiger partial charge on any atom is 0.107 e. The molecule has 0 aromatic carbocycles. The summed E-state index contributed by atoms with van der Waals surface area (Å²) in [5.74, 6) is 0. The Labute approximate surface area is 83.2 Å². The zero-order chi connectivity index (χ0) is 6.69. The van der Waals surface area contributed by atoms with Gasteiger partial charge in [0, 0.05) is 17.6 Å². The van der Waals surface area contributed by atoms with Gasteiger partial charge in [-0.05, 0) is 14.0 Å². The van der Waals surface area contributed by atoms with Crippen LogP contribution in [-0.2, 0) is 6.54 Å². The number of halogens is 2. The molecule has 0 aliphatic rings. The van der Waals surface area contributed by atoms with Gasteiger partial charge in [0.1, 0.15) is 5.01 Å². The molecule has 0 atom stereocenters. The van der Waals surface area contributed by atoms with Crippen molar-refractivity contribution in [2.45, 2.75) is 13.5 Å². The summed E-state index contributed by atoms with van der Waals surface area (Å²) in [7, 11) is 1.93. The van der Waals surface area contributed by atoms with Crippen molar-refractivity contribution in [3.8, 4) is 0 Å².